The molecule has 6 heteroatoms. The second kappa shape index (κ2) is 6.36. The molecule has 1 rings (SSSR count). The lowest BCUT2D eigenvalue weighted by atomic mass is 9.88. The Morgan fingerprint density at radius 2 is 2.21 bits per heavy atom. The molecular formula is C13H21N3O3. The number of carboxylic acids is 1. The molecule has 1 aromatic rings. The van der Waals surface area contributed by atoms with E-state index >= 15 is 0 Å². The van der Waals surface area contributed by atoms with Gasteiger partial charge in [-0.15, -0.1) is 0 Å². The summed E-state index contributed by atoms with van der Waals surface area (Å²) in [6, 6.07) is 0. The summed E-state index contributed by atoms with van der Waals surface area (Å²) in [6.07, 6.45) is 3.63. The molecular weight excluding hydrogens is 246 g/mol. The van der Waals surface area contributed by atoms with Gasteiger partial charge < -0.3 is 15.2 Å². The van der Waals surface area contributed by atoms with E-state index in [0.29, 0.717) is 24.7 Å². The van der Waals surface area contributed by atoms with Crippen molar-refractivity contribution >= 4 is 11.8 Å². The number of rotatable bonds is 7. The van der Waals surface area contributed by atoms with Crippen LogP contribution in [0.5, 0.6) is 5.88 Å². The number of carboxylic acid groups (broad SMARTS) is 1. The number of ether oxygens (including phenoxy) is 1. The summed E-state index contributed by atoms with van der Waals surface area (Å²) >= 11 is 0. The Bertz CT molecular complexity index is 437. The van der Waals surface area contributed by atoms with Gasteiger partial charge in [-0.25, -0.2) is 0 Å². The molecule has 0 radical (unpaired) electrons. The van der Waals surface area contributed by atoms with E-state index in [4.69, 9.17) is 4.74 Å². The van der Waals surface area contributed by atoms with Gasteiger partial charge in [-0.05, 0) is 27.2 Å². The molecule has 6 nitrogen and oxygen atoms in total. The largest absolute Gasteiger partial charge is 0.481 e. The van der Waals surface area contributed by atoms with Crippen molar-refractivity contribution in [1.82, 2.24) is 9.97 Å². The molecule has 19 heavy (non-hydrogen) atoms. The molecule has 0 saturated heterocycles. The van der Waals surface area contributed by atoms with Crippen LogP contribution in [0.25, 0.3) is 0 Å². The highest BCUT2D eigenvalue weighted by Gasteiger charge is 2.30. The highest BCUT2D eigenvalue weighted by atomic mass is 16.5. The minimum atomic E-state index is -0.829. The molecule has 1 atom stereocenters. The fourth-order valence-corrected chi connectivity index (χ4v) is 1.37. The maximum absolute atomic E-state index is 11.2. The predicted molar refractivity (Wildman–Crippen MR) is 72.3 cm³/mol. The van der Waals surface area contributed by atoms with Crippen LogP contribution < -0.4 is 10.1 Å². The van der Waals surface area contributed by atoms with Crippen molar-refractivity contribution < 1.29 is 14.6 Å². The lowest BCUT2D eigenvalue weighted by molar-refractivity contribution is -0.147. The molecule has 0 aliphatic carbocycles. The summed E-state index contributed by atoms with van der Waals surface area (Å²) in [5.74, 6) is 0.109. The number of nitrogens with zero attached hydrogens (tertiary/aromatic N) is 2. The Hall–Kier alpha value is -1.85. The molecule has 0 amide bonds. The van der Waals surface area contributed by atoms with E-state index in [1.165, 1.54) is 6.20 Å². The second-order valence-electron chi connectivity index (χ2n) is 4.98. The first kappa shape index (κ1) is 15.2. The summed E-state index contributed by atoms with van der Waals surface area (Å²) in [5.41, 5.74) is -0.823. The number of hydrogen-bond donors (Lipinski definition) is 2. The smallest absolute Gasteiger partial charge is 0.311 e. The first-order valence-electron chi connectivity index (χ1n) is 6.33. The Kier molecular flexibility index (Phi) is 5.09. The zero-order chi connectivity index (χ0) is 14.5. The van der Waals surface area contributed by atoms with Gasteiger partial charge >= 0.3 is 5.97 Å². The molecule has 1 heterocycles. The van der Waals surface area contributed by atoms with Crippen molar-refractivity contribution in [3.63, 3.8) is 0 Å². The van der Waals surface area contributed by atoms with Crippen LogP contribution in [0.15, 0.2) is 12.4 Å². The van der Waals surface area contributed by atoms with Gasteiger partial charge in [-0.3, -0.25) is 9.78 Å². The van der Waals surface area contributed by atoms with Gasteiger partial charge in [-0.2, -0.15) is 4.98 Å². The van der Waals surface area contributed by atoms with Crippen LogP contribution in [0.2, 0.25) is 0 Å². The highest BCUT2D eigenvalue weighted by molar-refractivity contribution is 5.74. The third-order valence-corrected chi connectivity index (χ3v) is 2.93. The van der Waals surface area contributed by atoms with Crippen LogP contribution in [0, 0.1) is 5.41 Å². The predicted octanol–water partition coefficient (Wildman–Crippen LogP) is 2.18. The molecule has 0 aliphatic rings. The maximum Gasteiger partial charge on any atom is 0.311 e. The summed E-state index contributed by atoms with van der Waals surface area (Å²) in [7, 11) is 0. The standard InChI is InChI=1S/C13H21N3O3/c1-5-13(4,12(17)18)8-15-10-6-14-7-11(16-10)19-9(2)3/h6-7,9H,5,8H2,1-4H3,(H,15,16)(H,17,18). The van der Waals surface area contributed by atoms with Crippen LogP contribution in [-0.4, -0.2) is 33.7 Å². The number of carbonyl (C=O) groups is 1. The Morgan fingerprint density at radius 1 is 1.53 bits per heavy atom. The molecule has 1 aromatic heterocycles. The van der Waals surface area contributed by atoms with Crippen molar-refractivity contribution in [3.8, 4) is 5.88 Å². The summed E-state index contributed by atoms with van der Waals surface area (Å²) < 4.78 is 5.43. The minimum absolute atomic E-state index is 0.0180. The van der Waals surface area contributed by atoms with Crippen LogP contribution in [0.3, 0.4) is 0 Å². The second-order valence-corrected chi connectivity index (χ2v) is 4.98. The first-order valence-corrected chi connectivity index (χ1v) is 6.33. The van der Waals surface area contributed by atoms with Crippen LogP contribution in [0.4, 0.5) is 5.82 Å². The van der Waals surface area contributed by atoms with Gasteiger partial charge in [0.2, 0.25) is 5.88 Å². The van der Waals surface area contributed by atoms with Gasteiger partial charge in [0, 0.05) is 6.54 Å². The Labute approximate surface area is 113 Å². The van der Waals surface area contributed by atoms with E-state index in [9.17, 15) is 9.90 Å². The van der Waals surface area contributed by atoms with E-state index in [1.54, 1.807) is 13.1 Å². The van der Waals surface area contributed by atoms with Crippen LogP contribution in [-0.2, 0) is 4.79 Å². The van der Waals surface area contributed by atoms with Crippen molar-refractivity contribution in [3.05, 3.63) is 12.4 Å². The van der Waals surface area contributed by atoms with Gasteiger partial charge in [0.15, 0.2) is 0 Å². The van der Waals surface area contributed by atoms with Crippen LogP contribution in [0.1, 0.15) is 34.1 Å². The SMILES string of the molecule is CCC(C)(CNc1cncc(OC(C)C)n1)C(=O)O. The Morgan fingerprint density at radius 3 is 2.74 bits per heavy atom. The van der Waals surface area contributed by atoms with Crippen molar-refractivity contribution in [2.45, 2.75) is 40.2 Å². The average molecular weight is 267 g/mol. The molecule has 106 valence electrons. The topological polar surface area (TPSA) is 84.3 Å². The molecule has 0 spiro atoms. The van der Waals surface area contributed by atoms with E-state index < -0.39 is 11.4 Å². The summed E-state index contributed by atoms with van der Waals surface area (Å²) in [4.78, 5) is 19.4. The van der Waals surface area contributed by atoms with Crippen molar-refractivity contribution in [2.24, 2.45) is 5.41 Å². The first-order chi connectivity index (χ1) is 8.87. The molecule has 0 saturated carbocycles. The van der Waals surface area contributed by atoms with E-state index in [2.05, 4.69) is 15.3 Å². The number of hydrogen-bond acceptors (Lipinski definition) is 5. The van der Waals surface area contributed by atoms with Gasteiger partial charge in [0.05, 0.1) is 23.9 Å². The fraction of sp³-hybridized carbons (Fsp3) is 0.615. The monoisotopic (exact) mass is 267 g/mol. The highest BCUT2D eigenvalue weighted by Crippen LogP contribution is 2.22. The minimum Gasteiger partial charge on any atom is -0.481 e. The molecule has 0 aromatic carbocycles. The number of nitrogens with one attached hydrogen (secondary N) is 1. The zero-order valence-electron chi connectivity index (χ0n) is 11.8. The third-order valence-electron chi connectivity index (χ3n) is 2.93. The van der Waals surface area contributed by atoms with Gasteiger partial charge in [0.25, 0.3) is 0 Å². The van der Waals surface area contributed by atoms with E-state index in [-0.39, 0.29) is 6.10 Å². The normalized spacial score (nSPS) is 13.9. The molecule has 0 fully saturated rings. The number of anilines is 1. The van der Waals surface area contributed by atoms with E-state index in [1.807, 2.05) is 20.8 Å². The summed E-state index contributed by atoms with van der Waals surface area (Å²) in [5, 5.41) is 12.2. The lowest BCUT2D eigenvalue weighted by Crippen LogP contribution is -2.34. The van der Waals surface area contributed by atoms with E-state index in [0.717, 1.165) is 0 Å². The molecule has 1 unspecified atom stereocenters. The average Bonchev–Trinajstić information content (AvgIpc) is 2.35. The van der Waals surface area contributed by atoms with Gasteiger partial charge in [-0.1, -0.05) is 6.92 Å². The van der Waals surface area contributed by atoms with Crippen molar-refractivity contribution in [2.75, 3.05) is 11.9 Å². The Balaban J connectivity index is 2.70. The fourth-order valence-electron chi connectivity index (χ4n) is 1.37. The number of aliphatic carboxylic acids is 1. The lowest BCUT2D eigenvalue weighted by Gasteiger charge is -2.23. The van der Waals surface area contributed by atoms with Crippen LogP contribution >= 0.6 is 0 Å². The zero-order valence-corrected chi connectivity index (χ0v) is 11.8. The molecule has 0 bridgehead atoms. The summed E-state index contributed by atoms with van der Waals surface area (Å²) in [6.45, 7) is 7.64. The molecule has 0 aliphatic heterocycles. The molecule has 2 N–H and O–H groups in total. The third kappa shape index (κ3) is 4.39. The van der Waals surface area contributed by atoms with Gasteiger partial charge in [0.1, 0.15) is 5.82 Å². The maximum atomic E-state index is 11.2. The van der Waals surface area contributed by atoms with Crippen molar-refractivity contribution in [1.29, 1.82) is 0 Å². The quantitative estimate of drug-likeness (QED) is 0.787. The number of aromatic nitrogens is 2.